The number of benzene rings is 2. The van der Waals surface area contributed by atoms with Gasteiger partial charge in [0.2, 0.25) is 6.29 Å². The molecule has 1 unspecified atom stereocenters. The fraction of sp³-hybridized carbons (Fsp3) is 0.467. The number of aromatic nitrogens is 1. The highest BCUT2D eigenvalue weighted by Crippen LogP contribution is 2.33. The van der Waals surface area contributed by atoms with Crippen LogP contribution in [0.1, 0.15) is 43.6 Å². The number of likely N-dealkylation sites (N-methyl/N-ethyl adjacent to an activating group) is 1. The van der Waals surface area contributed by atoms with Gasteiger partial charge in [0, 0.05) is 55.7 Å². The molecule has 4 N–H and O–H groups in total. The first-order valence-corrected chi connectivity index (χ1v) is 15.1. The highest BCUT2D eigenvalue weighted by molar-refractivity contribution is 7.16. The lowest BCUT2D eigenvalue weighted by molar-refractivity contribution is -0.0867. The standard InChI is InChI=1S/C30H42N6O4S/c1-4-6-7-27(40-25-14-10-23(11-15-25)29(31)34-37)39-24-12-8-22(9-13-24)28-26(41-30(32-3)33-28)16-17-35(5-2)36-18-20-38-21-19-36/h8-15,27,37H,4-7,16-21H2,1-3H3,(H2,31,34)(H,32,33). The molecule has 0 bridgehead atoms. The van der Waals surface area contributed by atoms with Crippen molar-refractivity contribution in [2.45, 2.75) is 45.8 Å². The highest BCUT2D eigenvalue weighted by Gasteiger charge is 2.20. The minimum atomic E-state index is -0.443. The number of unbranched alkanes of at least 4 members (excludes halogenated alkanes) is 1. The maximum absolute atomic E-state index is 8.89. The third-order valence-corrected chi connectivity index (χ3v) is 8.11. The normalized spacial score (nSPS) is 15.2. The molecule has 0 aliphatic carbocycles. The Kier molecular flexibility index (Phi) is 11.6. The molecule has 2 aromatic carbocycles. The van der Waals surface area contributed by atoms with Crippen molar-refractivity contribution in [1.82, 2.24) is 15.0 Å². The number of anilines is 1. The summed E-state index contributed by atoms with van der Waals surface area (Å²) in [7, 11) is 1.91. The molecule has 1 atom stereocenters. The number of ether oxygens (including phenoxy) is 3. The van der Waals surface area contributed by atoms with Crippen LogP contribution in [0.15, 0.2) is 53.7 Å². The number of morpholine rings is 1. The third-order valence-electron chi connectivity index (χ3n) is 6.97. The Balaban J connectivity index is 1.43. The number of amidine groups is 1. The first-order chi connectivity index (χ1) is 20.0. The average Bonchev–Trinajstić information content (AvgIpc) is 3.44. The van der Waals surface area contributed by atoms with E-state index in [-0.39, 0.29) is 5.84 Å². The van der Waals surface area contributed by atoms with Gasteiger partial charge in [0.1, 0.15) is 11.5 Å². The SMILES string of the molecule is CCCCC(Oc1ccc(C(N)=NO)cc1)Oc1ccc(-c2nc(NC)sc2CCN(CC)N2CCOCC2)cc1. The Bertz CT molecular complexity index is 1230. The monoisotopic (exact) mass is 582 g/mol. The second-order valence-electron chi connectivity index (χ2n) is 9.74. The van der Waals surface area contributed by atoms with E-state index in [0.29, 0.717) is 11.3 Å². The van der Waals surface area contributed by atoms with E-state index in [1.807, 2.05) is 19.2 Å². The van der Waals surface area contributed by atoms with Crippen molar-refractivity contribution in [3.8, 4) is 22.8 Å². The molecule has 2 heterocycles. The molecule has 0 saturated carbocycles. The number of rotatable bonds is 15. The number of hydrazine groups is 1. The number of hydrogen-bond donors (Lipinski definition) is 3. The fourth-order valence-electron chi connectivity index (χ4n) is 4.69. The van der Waals surface area contributed by atoms with Crippen molar-refractivity contribution >= 4 is 22.3 Å². The number of oxime groups is 1. The van der Waals surface area contributed by atoms with Gasteiger partial charge in [0.15, 0.2) is 11.0 Å². The van der Waals surface area contributed by atoms with Gasteiger partial charge in [-0.05, 0) is 61.4 Å². The van der Waals surface area contributed by atoms with Crippen LogP contribution in [0, 0.1) is 0 Å². The van der Waals surface area contributed by atoms with Crippen LogP contribution in [-0.4, -0.2) is 78.8 Å². The Morgan fingerprint density at radius 1 is 1.12 bits per heavy atom. The maximum Gasteiger partial charge on any atom is 0.241 e. The summed E-state index contributed by atoms with van der Waals surface area (Å²) in [6.07, 6.45) is 3.23. The van der Waals surface area contributed by atoms with E-state index in [1.54, 1.807) is 35.6 Å². The van der Waals surface area contributed by atoms with Gasteiger partial charge in [-0.1, -0.05) is 25.4 Å². The van der Waals surface area contributed by atoms with Crippen LogP contribution < -0.4 is 20.5 Å². The molecule has 10 nitrogen and oxygen atoms in total. The van der Waals surface area contributed by atoms with Crippen LogP contribution in [0.2, 0.25) is 0 Å². The Labute approximate surface area is 246 Å². The van der Waals surface area contributed by atoms with Crippen molar-refractivity contribution in [1.29, 1.82) is 0 Å². The van der Waals surface area contributed by atoms with Gasteiger partial charge in [0.05, 0.1) is 18.9 Å². The van der Waals surface area contributed by atoms with E-state index in [0.717, 1.165) is 87.2 Å². The van der Waals surface area contributed by atoms with Gasteiger partial charge in [0.25, 0.3) is 0 Å². The van der Waals surface area contributed by atoms with Gasteiger partial charge < -0.3 is 30.5 Å². The quantitative estimate of drug-likeness (QED) is 0.0745. The summed E-state index contributed by atoms with van der Waals surface area (Å²) in [6, 6.07) is 15.2. The molecular weight excluding hydrogens is 540 g/mol. The highest BCUT2D eigenvalue weighted by atomic mass is 32.1. The molecule has 0 spiro atoms. The summed E-state index contributed by atoms with van der Waals surface area (Å²) >= 11 is 1.71. The predicted octanol–water partition coefficient (Wildman–Crippen LogP) is 5.03. The van der Waals surface area contributed by atoms with Gasteiger partial charge in [-0.25, -0.2) is 15.0 Å². The van der Waals surface area contributed by atoms with Crippen molar-refractivity contribution < 1.29 is 19.4 Å². The molecule has 0 radical (unpaired) electrons. The zero-order chi connectivity index (χ0) is 29.0. The second kappa shape index (κ2) is 15.6. The number of nitrogens with zero attached hydrogens (tertiary/aromatic N) is 4. The van der Waals surface area contributed by atoms with Crippen LogP contribution in [0.4, 0.5) is 5.13 Å². The molecule has 0 amide bonds. The summed E-state index contributed by atoms with van der Waals surface area (Å²) in [6.45, 7) is 9.70. The molecule has 1 aliphatic heterocycles. The lowest BCUT2D eigenvalue weighted by Gasteiger charge is -2.36. The van der Waals surface area contributed by atoms with Gasteiger partial charge in [-0.15, -0.1) is 11.3 Å². The number of nitrogens with one attached hydrogen (secondary N) is 1. The largest absolute Gasteiger partial charge is 0.455 e. The molecule has 41 heavy (non-hydrogen) atoms. The Morgan fingerprint density at radius 2 is 1.78 bits per heavy atom. The molecular formula is C30H42N6O4S. The maximum atomic E-state index is 8.89. The van der Waals surface area contributed by atoms with Crippen LogP contribution >= 0.6 is 11.3 Å². The Morgan fingerprint density at radius 3 is 2.37 bits per heavy atom. The summed E-state index contributed by atoms with van der Waals surface area (Å²) in [5.74, 6) is 1.45. The molecule has 1 aliphatic rings. The van der Waals surface area contributed by atoms with Crippen molar-refractivity contribution in [2.75, 3.05) is 51.8 Å². The molecule has 11 heteroatoms. The third kappa shape index (κ3) is 8.56. The zero-order valence-corrected chi connectivity index (χ0v) is 25.0. The second-order valence-corrected chi connectivity index (χ2v) is 10.8. The Hall–Kier alpha value is -3.38. The lowest BCUT2D eigenvalue weighted by atomic mass is 10.1. The average molecular weight is 583 g/mol. The minimum Gasteiger partial charge on any atom is -0.455 e. The summed E-state index contributed by atoms with van der Waals surface area (Å²) in [5.41, 5.74) is 8.36. The molecule has 4 rings (SSSR count). The molecule has 1 fully saturated rings. The van der Waals surface area contributed by atoms with E-state index in [4.69, 9.17) is 30.1 Å². The summed E-state index contributed by atoms with van der Waals surface area (Å²) < 4.78 is 18.0. The van der Waals surface area contributed by atoms with Crippen molar-refractivity contribution in [3.63, 3.8) is 0 Å². The number of nitrogens with two attached hydrogens (primary N) is 1. The topological polar surface area (TPSA) is 118 Å². The van der Waals surface area contributed by atoms with Gasteiger partial charge in [-0.3, -0.25) is 0 Å². The molecule has 1 saturated heterocycles. The van der Waals surface area contributed by atoms with Crippen LogP contribution in [0.25, 0.3) is 11.3 Å². The first-order valence-electron chi connectivity index (χ1n) is 14.3. The minimum absolute atomic E-state index is 0.0559. The van der Waals surface area contributed by atoms with Crippen LogP contribution in [-0.2, 0) is 11.2 Å². The van der Waals surface area contributed by atoms with Crippen LogP contribution in [0.5, 0.6) is 11.5 Å². The fourth-order valence-corrected chi connectivity index (χ4v) is 5.62. The lowest BCUT2D eigenvalue weighted by Crippen LogP contribution is -2.49. The van der Waals surface area contributed by atoms with E-state index >= 15 is 0 Å². The van der Waals surface area contributed by atoms with Crippen molar-refractivity contribution in [2.24, 2.45) is 10.9 Å². The molecule has 222 valence electrons. The first kappa shape index (κ1) is 30.6. The van der Waals surface area contributed by atoms with Gasteiger partial charge in [-0.2, -0.15) is 0 Å². The number of hydrogen-bond acceptors (Lipinski definition) is 10. The van der Waals surface area contributed by atoms with E-state index in [9.17, 15) is 0 Å². The predicted molar refractivity (Wildman–Crippen MR) is 164 cm³/mol. The zero-order valence-electron chi connectivity index (χ0n) is 24.2. The van der Waals surface area contributed by atoms with E-state index in [2.05, 4.69) is 46.5 Å². The van der Waals surface area contributed by atoms with Crippen LogP contribution in [0.3, 0.4) is 0 Å². The van der Waals surface area contributed by atoms with E-state index in [1.165, 1.54) is 4.88 Å². The van der Waals surface area contributed by atoms with Gasteiger partial charge >= 0.3 is 0 Å². The smallest absolute Gasteiger partial charge is 0.241 e. The number of thiazole rings is 1. The molecule has 3 aromatic rings. The van der Waals surface area contributed by atoms with Crippen molar-refractivity contribution in [3.05, 3.63) is 59.0 Å². The molecule has 1 aromatic heterocycles. The summed E-state index contributed by atoms with van der Waals surface area (Å²) in [4.78, 5) is 6.14. The van der Waals surface area contributed by atoms with E-state index < -0.39 is 6.29 Å². The summed E-state index contributed by atoms with van der Waals surface area (Å²) in [5, 5.41) is 20.9.